The average Bonchev–Trinajstić information content (AvgIpc) is 2.48. The molecule has 0 aromatic heterocycles. The molecule has 124 valence electrons. The summed E-state index contributed by atoms with van der Waals surface area (Å²) in [6.07, 6.45) is 0.882. The highest BCUT2D eigenvalue weighted by Crippen LogP contribution is 2.15. The van der Waals surface area contributed by atoms with Gasteiger partial charge in [-0.25, -0.2) is 0 Å². The lowest BCUT2D eigenvalue weighted by Crippen LogP contribution is -2.55. The van der Waals surface area contributed by atoms with Crippen LogP contribution in [0.5, 0.6) is 5.75 Å². The Morgan fingerprint density at radius 2 is 2.18 bits per heavy atom. The van der Waals surface area contributed by atoms with Gasteiger partial charge >= 0.3 is 0 Å². The van der Waals surface area contributed by atoms with Crippen molar-refractivity contribution in [2.24, 2.45) is 0 Å². The van der Waals surface area contributed by atoms with Gasteiger partial charge in [-0.05, 0) is 38.0 Å². The van der Waals surface area contributed by atoms with Crippen molar-refractivity contribution in [1.29, 1.82) is 0 Å². The molecule has 0 aliphatic carbocycles. The predicted octanol–water partition coefficient (Wildman–Crippen LogP) is 2.15. The third kappa shape index (κ3) is 5.27. The van der Waals surface area contributed by atoms with E-state index in [1.807, 2.05) is 19.1 Å². The van der Waals surface area contributed by atoms with Gasteiger partial charge in [0.25, 0.3) is 0 Å². The standard InChI is InChI=1S/C18H30N2O2/c1-4-17-14-19(8-9-20(17)13-16(3)21)10-11-22-18-7-5-6-15(2)12-18/h5-7,12,16-17,21H,4,8-11,13-14H2,1-3H3/t16-,17-/m0/s1. The Kier molecular flexibility index (Phi) is 6.68. The van der Waals surface area contributed by atoms with Crippen molar-refractivity contribution < 1.29 is 9.84 Å². The number of aliphatic hydroxyl groups is 1. The SMILES string of the molecule is CC[C@H]1CN(CCOc2cccc(C)c2)CCN1C[C@H](C)O. The Balaban J connectivity index is 1.75. The fourth-order valence-electron chi connectivity index (χ4n) is 3.13. The third-order valence-corrected chi connectivity index (χ3v) is 4.32. The number of ether oxygens (including phenoxy) is 1. The molecule has 0 bridgehead atoms. The number of piperazine rings is 1. The van der Waals surface area contributed by atoms with E-state index in [1.165, 1.54) is 5.56 Å². The Bertz CT molecular complexity index is 450. The highest BCUT2D eigenvalue weighted by atomic mass is 16.5. The van der Waals surface area contributed by atoms with Gasteiger partial charge in [-0.15, -0.1) is 0 Å². The first kappa shape index (κ1) is 17.3. The summed E-state index contributed by atoms with van der Waals surface area (Å²) in [6.45, 7) is 11.8. The Hall–Kier alpha value is -1.10. The Morgan fingerprint density at radius 3 is 2.86 bits per heavy atom. The first-order valence-corrected chi connectivity index (χ1v) is 8.42. The largest absolute Gasteiger partial charge is 0.492 e. The summed E-state index contributed by atoms with van der Waals surface area (Å²) in [6, 6.07) is 8.76. The third-order valence-electron chi connectivity index (χ3n) is 4.32. The van der Waals surface area contributed by atoms with E-state index in [2.05, 4.69) is 35.8 Å². The minimum Gasteiger partial charge on any atom is -0.492 e. The number of aryl methyl sites for hydroxylation is 1. The van der Waals surface area contributed by atoms with Crippen molar-refractivity contribution in [3.63, 3.8) is 0 Å². The number of hydrogen-bond donors (Lipinski definition) is 1. The Morgan fingerprint density at radius 1 is 1.36 bits per heavy atom. The number of β-amino-alcohol motifs (C(OH)–C–C–N with tert-alkyl or cyclic N) is 1. The van der Waals surface area contributed by atoms with E-state index in [0.29, 0.717) is 6.04 Å². The quantitative estimate of drug-likeness (QED) is 0.837. The van der Waals surface area contributed by atoms with E-state index in [9.17, 15) is 5.11 Å². The number of rotatable bonds is 7. The lowest BCUT2D eigenvalue weighted by molar-refractivity contribution is 0.0322. The molecule has 1 aliphatic heterocycles. The van der Waals surface area contributed by atoms with Gasteiger partial charge in [0, 0.05) is 38.8 Å². The maximum atomic E-state index is 9.60. The molecule has 1 aromatic rings. The zero-order chi connectivity index (χ0) is 15.9. The van der Waals surface area contributed by atoms with Crippen LogP contribution >= 0.6 is 0 Å². The summed E-state index contributed by atoms with van der Waals surface area (Å²) in [7, 11) is 0. The van der Waals surface area contributed by atoms with Crippen LogP contribution < -0.4 is 4.74 Å². The summed E-state index contributed by atoms with van der Waals surface area (Å²) in [5.41, 5.74) is 1.23. The van der Waals surface area contributed by atoms with Crippen LogP contribution in [0.15, 0.2) is 24.3 Å². The van der Waals surface area contributed by atoms with Gasteiger partial charge in [0.2, 0.25) is 0 Å². The highest BCUT2D eigenvalue weighted by Gasteiger charge is 2.26. The second kappa shape index (κ2) is 8.51. The minimum atomic E-state index is -0.245. The molecule has 2 rings (SSSR count). The smallest absolute Gasteiger partial charge is 0.119 e. The van der Waals surface area contributed by atoms with E-state index in [1.54, 1.807) is 0 Å². The molecule has 1 aromatic carbocycles. The molecule has 4 nitrogen and oxygen atoms in total. The first-order valence-electron chi connectivity index (χ1n) is 8.42. The lowest BCUT2D eigenvalue weighted by atomic mass is 10.1. The molecule has 1 aliphatic rings. The lowest BCUT2D eigenvalue weighted by Gasteiger charge is -2.41. The molecular formula is C18H30N2O2. The van der Waals surface area contributed by atoms with Crippen molar-refractivity contribution in [3.05, 3.63) is 29.8 Å². The minimum absolute atomic E-state index is 0.245. The van der Waals surface area contributed by atoms with Crippen molar-refractivity contribution in [2.45, 2.75) is 39.3 Å². The predicted molar refractivity (Wildman–Crippen MR) is 90.4 cm³/mol. The first-order chi connectivity index (χ1) is 10.6. The van der Waals surface area contributed by atoms with Gasteiger partial charge < -0.3 is 9.84 Å². The molecule has 0 spiro atoms. The fraction of sp³-hybridized carbons (Fsp3) is 0.667. The van der Waals surface area contributed by atoms with E-state index < -0.39 is 0 Å². The number of hydrogen-bond acceptors (Lipinski definition) is 4. The molecule has 1 heterocycles. The second-order valence-corrected chi connectivity index (χ2v) is 6.37. The maximum absolute atomic E-state index is 9.60. The monoisotopic (exact) mass is 306 g/mol. The van der Waals surface area contributed by atoms with Gasteiger partial charge in [-0.2, -0.15) is 0 Å². The van der Waals surface area contributed by atoms with Crippen LogP contribution in [0.3, 0.4) is 0 Å². The van der Waals surface area contributed by atoms with Crippen LogP contribution in [0.25, 0.3) is 0 Å². The Labute approximate surface area is 134 Å². The molecule has 0 unspecified atom stereocenters. The summed E-state index contributed by atoms with van der Waals surface area (Å²) in [5, 5.41) is 9.60. The molecule has 22 heavy (non-hydrogen) atoms. The number of aliphatic hydroxyl groups excluding tert-OH is 1. The van der Waals surface area contributed by atoms with E-state index in [4.69, 9.17) is 4.74 Å². The second-order valence-electron chi connectivity index (χ2n) is 6.37. The zero-order valence-corrected chi connectivity index (χ0v) is 14.2. The van der Waals surface area contributed by atoms with Gasteiger partial charge in [0.15, 0.2) is 0 Å². The van der Waals surface area contributed by atoms with Gasteiger partial charge in [0.05, 0.1) is 6.10 Å². The number of nitrogens with zero attached hydrogens (tertiary/aromatic N) is 2. The van der Waals surface area contributed by atoms with Crippen molar-refractivity contribution in [2.75, 3.05) is 39.3 Å². The summed E-state index contributed by atoms with van der Waals surface area (Å²) < 4.78 is 5.85. The van der Waals surface area contributed by atoms with Crippen LogP contribution in [0.2, 0.25) is 0 Å². The van der Waals surface area contributed by atoms with E-state index in [0.717, 1.165) is 51.5 Å². The molecule has 1 N–H and O–H groups in total. The molecule has 0 saturated carbocycles. The van der Waals surface area contributed by atoms with E-state index in [-0.39, 0.29) is 6.10 Å². The number of benzene rings is 1. The van der Waals surface area contributed by atoms with Crippen LogP contribution in [0, 0.1) is 6.92 Å². The van der Waals surface area contributed by atoms with Gasteiger partial charge in [-0.1, -0.05) is 19.1 Å². The molecule has 1 saturated heterocycles. The van der Waals surface area contributed by atoms with Crippen LogP contribution in [0.1, 0.15) is 25.8 Å². The average molecular weight is 306 g/mol. The molecule has 4 heteroatoms. The fourth-order valence-corrected chi connectivity index (χ4v) is 3.13. The van der Waals surface area contributed by atoms with Crippen molar-refractivity contribution >= 4 is 0 Å². The topological polar surface area (TPSA) is 35.9 Å². The van der Waals surface area contributed by atoms with Crippen LogP contribution in [0.4, 0.5) is 0 Å². The van der Waals surface area contributed by atoms with E-state index >= 15 is 0 Å². The maximum Gasteiger partial charge on any atom is 0.119 e. The molecular weight excluding hydrogens is 276 g/mol. The van der Waals surface area contributed by atoms with Crippen LogP contribution in [-0.2, 0) is 0 Å². The molecule has 1 fully saturated rings. The normalized spacial score (nSPS) is 21.7. The van der Waals surface area contributed by atoms with Gasteiger partial charge in [0.1, 0.15) is 12.4 Å². The van der Waals surface area contributed by atoms with Gasteiger partial charge in [-0.3, -0.25) is 9.80 Å². The molecule has 2 atom stereocenters. The molecule has 0 amide bonds. The summed E-state index contributed by atoms with van der Waals surface area (Å²) in [4.78, 5) is 4.89. The van der Waals surface area contributed by atoms with Crippen LogP contribution in [-0.4, -0.2) is 66.4 Å². The highest BCUT2D eigenvalue weighted by molar-refractivity contribution is 5.27. The summed E-state index contributed by atoms with van der Waals surface area (Å²) in [5.74, 6) is 0.958. The molecule has 0 radical (unpaired) electrons. The van der Waals surface area contributed by atoms with Crippen molar-refractivity contribution in [1.82, 2.24) is 9.80 Å². The van der Waals surface area contributed by atoms with Crippen molar-refractivity contribution in [3.8, 4) is 5.75 Å². The summed E-state index contributed by atoms with van der Waals surface area (Å²) >= 11 is 0. The zero-order valence-electron chi connectivity index (χ0n) is 14.2.